The van der Waals surface area contributed by atoms with Gasteiger partial charge in [-0.05, 0) is 36.8 Å². The maximum Gasteiger partial charge on any atom is 0.203 e. The van der Waals surface area contributed by atoms with Gasteiger partial charge in [0.05, 0.1) is 19.3 Å². The summed E-state index contributed by atoms with van der Waals surface area (Å²) in [6, 6.07) is 9.31. The zero-order valence-corrected chi connectivity index (χ0v) is 12.2. The Balaban J connectivity index is 2.17. The first-order valence-corrected chi connectivity index (χ1v) is 6.50. The first kappa shape index (κ1) is 13.5. The van der Waals surface area contributed by atoms with Crippen molar-refractivity contribution in [2.75, 3.05) is 12.4 Å². The van der Waals surface area contributed by atoms with Crippen molar-refractivity contribution in [1.82, 2.24) is 0 Å². The number of hydrogen-bond donors (Lipinski definition) is 1. The molecule has 0 atom stereocenters. The minimum absolute atomic E-state index is 0.316. The topological polar surface area (TPSA) is 58.2 Å². The highest BCUT2D eigenvalue weighted by molar-refractivity contribution is 9.10. The van der Waals surface area contributed by atoms with Crippen molar-refractivity contribution < 1.29 is 9.15 Å². The maximum atomic E-state index is 8.70. The Hall–Kier alpha value is -1.93. The molecule has 0 spiro atoms. The fourth-order valence-corrected chi connectivity index (χ4v) is 2.36. The number of hydrogen-bond acceptors (Lipinski definition) is 4. The first-order chi connectivity index (χ1) is 9.13. The number of halogens is 1. The predicted molar refractivity (Wildman–Crippen MR) is 76.2 cm³/mol. The van der Waals surface area contributed by atoms with Gasteiger partial charge in [-0.1, -0.05) is 15.9 Å². The fraction of sp³-hybridized carbons (Fsp3) is 0.214. The zero-order chi connectivity index (χ0) is 13.8. The van der Waals surface area contributed by atoms with Crippen molar-refractivity contribution in [3.05, 3.63) is 45.8 Å². The van der Waals surface area contributed by atoms with E-state index in [0.717, 1.165) is 21.5 Å². The van der Waals surface area contributed by atoms with Crippen molar-refractivity contribution in [2.24, 2.45) is 0 Å². The van der Waals surface area contributed by atoms with E-state index >= 15 is 0 Å². The van der Waals surface area contributed by atoms with E-state index in [1.165, 1.54) is 0 Å². The molecule has 0 aliphatic heterocycles. The summed E-state index contributed by atoms with van der Waals surface area (Å²) in [6.45, 7) is 2.50. The average Bonchev–Trinajstić information content (AvgIpc) is 2.84. The summed E-state index contributed by atoms with van der Waals surface area (Å²) in [6.07, 6.45) is 0. The van der Waals surface area contributed by atoms with E-state index in [4.69, 9.17) is 14.4 Å². The fourth-order valence-electron chi connectivity index (χ4n) is 1.81. The number of rotatable bonds is 4. The molecule has 0 unspecified atom stereocenters. The lowest BCUT2D eigenvalue weighted by atomic mass is 10.2. The quantitative estimate of drug-likeness (QED) is 0.929. The third kappa shape index (κ3) is 3.09. The van der Waals surface area contributed by atoms with Gasteiger partial charge in [0.2, 0.25) is 5.76 Å². The second-order valence-corrected chi connectivity index (χ2v) is 4.95. The lowest BCUT2D eigenvalue weighted by Crippen LogP contribution is -2.02. The number of nitrogens with zero attached hydrogens (tertiary/aromatic N) is 1. The minimum atomic E-state index is 0.316. The summed E-state index contributed by atoms with van der Waals surface area (Å²) in [4.78, 5) is 0. The molecule has 5 heteroatoms. The summed E-state index contributed by atoms with van der Waals surface area (Å²) in [5, 5.41) is 12.0. The molecular formula is C14H13BrN2O2. The number of nitrogens with one attached hydrogen (secondary N) is 1. The van der Waals surface area contributed by atoms with Crippen molar-refractivity contribution in [3.63, 3.8) is 0 Å². The summed E-state index contributed by atoms with van der Waals surface area (Å²) in [5.74, 6) is 1.79. The predicted octanol–water partition coefficient (Wildman–Crippen LogP) is 3.84. The highest BCUT2D eigenvalue weighted by Gasteiger charge is 2.09. The molecule has 0 aliphatic rings. The monoisotopic (exact) mass is 320 g/mol. The molecule has 0 bridgehead atoms. The van der Waals surface area contributed by atoms with Crippen LogP contribution >= 0.6 is 15.9 Å². The minimum Gasteiger partial charge on any atom is -0.495 e. The van der Waals surface area contributed by atoms with Crippen molar-refractivity contribution in [1.29, 1.82) is 5.26 Å². The zero-order valence-electron chi connectivity index (χ0n) is 10.7. The van der Waals surface area contributed by atoms with E-state index in [9.17, 15) is 0 Å². The van der Waals surface area contributed by atoms with Crippen LogP contribution in [0.25, 0.3) is 0 Å². The van der Waals surface area contributed by atoms with Gasteiger partial charge in [-0.2, -0.15) is 5.26 Å². The number of benzene rings is 1. The molecule has 0 aliphatic carbocycles. The summed E-state index contributed by atoms with van der Waals surface area (Å²) in [5.41, 5.74) is 1.99. The third-order valence-electron chi connectivity index (χ3n) is 2.70. The molecular weight excluding hydrogens is 308 g/mol. The third-order valence-corrected chi connectivity index (χ3v) is 3.15. The standard InChI is InChI=1S/C14H13BrN2O2/c1-9-5-10(15)6-13(18-2)14(9)17-8-12-4-3-11(7-16)19-12/h3-6,17H,8H2,1-2H3. The molecule has 98 valence electrons. The maximum absolute atomic E-state index is 8.70. The lowest BCUT2D eigenvalue weighted by Gasteiger charge is -2.13. The molecule has 0 saturated carbocycles. The number of ether oxygens (including phenoxy) is 1. The van der Waals surface area contributed by atoms with Crippen LogP contribution in [0.2, 0.25) is 0 Å². The summed E-state index contributed by atoms with van der Waals surface area (Å²) >= 11 is 3.43. The van der Waals surface area contributed by atoms with E-state index < -0.39 is 0 Å². The molecule has 0 saturated heterocycles. The second kappa shape index (κ2) is 5.81. The van der Waals surface area contributed by atoms with Gasteiger partial charge >= 0.3 is 0 Å². The molecule has 4 nitrogen and oxygen atoms in total. The second-order valence-electron chi connectivity index (χ2n) is 4.03. The molecule has 2 aromatic rings. The molecule has 2 rings (SSSR count). The van der Waals surface area contributed by atoms with Crippen LogP contribution in [0.1, 0.15) is 17.1 Å². The van der Waals surface area contributed by atoms with Crippen LogP contribution in [0.5, 0.6) is 5.75 Å². The van der Waals surface area contributed by atoms with Crippen LogP contribution in [0.15, 0.2) is 33.2 Å². The SMILES string of the molecule is COc1cc(Br)cc(C)c1NCc1ccc(C#N)o1. The van der Waals surface area contributed by atoms with Crippen LogP contribution < -0.4 is 10.1 Å². The Morgan fingerprint density at radius 2 is 2.21 bits per heavy atom. The Kier molecular flexibility index (Phi) is 4.13. The molecule has 0 radical (unpaired) electrons. The Bertz CT molecular complexity index is 629. The van der Waals surface area contributed by atoms with Crippen LogP contribution in [-0.4, -0.2) is 7.11 Å². The normalized spacial score (nSPS) is 10.0. The van der Waals surface area contributed by atoms with Crippen LogP contribution in [0.3, 0.4) is 0 Å². The van der Waals surface area contributed by atoms with E-state index in [-0.39, 0.29) is 0 Å². The Morgan fingerprint density at radius 3 is 2.84 bits per heavy atom. The summed E-state index contributed by atoms with van der Waals surface area (Å²) < 4.78 is 11.6. The van der Waals surface area contributed by atoms with E-state index in [2.05, 4.69) is 21.2 Å². The number of methoxy groups -OCH3 is 1. The number of aryl methyl sites for hydroxylation is 1. The Labute approximate surface area is 120 Å². The van der Waals surface area contributed by atoms with Crippen molar-refractivity contribution in [3.8, 4) is 11.8 Å². The van der Waals surface area contributed by atoms with Gasteiger partial charge in [-0.15, -0.1) is 0 Å². The van der Waals surface area contributed by atoms with Crippen molar-refractivity contribution >= 4 is 21.6 Å². The van der Waals surface area contributed by atoms with E-state index in [1.807, 2.05) is 25.1 Å². The van der Waals surface area contributed by atoms with Gasteiger partial charge < -0.3 is 14.5 Å². The average molecular weight is 321 g/mol. The summed E-state index contributed by atoms with van der Waals surface area (Å²) in [7, 11) is 1.63. The molecule has 1 N–H and O–H groups in total. The molecule has 1 aromatic carbocycles. The van der Waals surface area contributed by atoms with Crippen molar-refractivity contribution in [2.45, 2.75) is 13.5 Å². The van der Waals surface area contributed by atoms with Gasteiger partial charge in [-0.25, -0.2) is 0 Å². The number of furan rings is 1. The van der Waals surface area contributed by atoms with E-state index in [0.29, 0.717) is 18.1 Å². The molecule has 0 amide bonds. The van der Waals surface area contributed by atoms with Crippen LogP contribution in [-0.2, 0) is 6.54 Å². The molecule has 0 fully saturated rings. The van der Waals surface area contributed by atoms with Gasteiger partial charge in [0.1, 0.15) is 17.6 Å². The van der Waals surface area contributed by atoms with Gasteiger partial charge in [0.25, 0.3) is 0 Å². The highest BCUT2D eigenvalue weighted by atomic mass is 79.9. The van der Waals surface area contributed by atoms with Gasteiger partial charge in [-0.3, -0.25) is 0 Å². The van der Waals surface area contributed by atoms with Gasteiger partial charge in [0, 0.05) is 4.47 Å². The largest absolute Gasteiger partial charge is 0.495 e. The smallest absolute Gasteiger partial charge is 0.203 e. The van der Waals surface area contributed by atoms with Crippen LogP contribution in [0.4, 0.5) is 5.69 Å². The number of nitriles is 1. The molecule has 19 heavy (non-hydrogen) atoms. The highest BCUT2D eigenvalue weighted by Crippen LogP contribution is 2.32. The number of anilines is 1. The molecule has 1 aromatic heterocycles. The van der Waals surface area contributed by atoms with Crippen LogP contribution in [0, 0.1) is 18.3 Å². The first-order valence-electron chi connectivity index (χ1n) is 5.71. The lowest BCUT2D eigenvalue weighted by molar-refractivity contribution is 0.415. The molecule has 1 heterocycles. The Morgan fingerprint density at radius 1 is 1.42 bits per heavy atom. The van der Waals surface area contributed by atoms with E-state index in [1.54, 1.807) is 19.2 Å². The van der Waals surface area contributed by atoms with Gasteiger partial charge in [0.15, 0.2) is 0 Å².